The van der Waals surface area contributed by atoms with Crippen LogP contribution in [0.2, 0.25) is 5.02 Å². The minimum atomic E-state index is -0.357. The number of carbonyl (C=O) groups is 2. The van der Waals surface area contributed by atoms with E-state index in [1.54, 1.807) is 42.3 Å². The minimum absolute atomic E-state index is 0.0283. The quantitative estimate of drug-likeness (QED) is 0.860. The number of anilines is 2. The van der Waals surface area contributed by atoms with E-state index >= 15 is 0 Å². The van der Waals surface area contributed by atoms with E-state index in [1.165, 1.54) is 0 Å². The van der Waals surface area contributed by atoms with Crippen LogP contribution in [0.5, 0.6) is 5.75 Å². The lowest BCUT2D eigenvalue weighted by Gasteiger charge is -2.18. The Morgan fingerprint density at radius 3 is 2.65 bits per heavy atom. The van der Waals surface area contributed by atoms with Crippen LogP contribution >= 0.6 is 11.6 Å². The molecular weight excluding hydrogens is 354 g/mol. The third-order valence-electron chi connectivity index (χ3n) is 4.36. The third kappa shape index (κ3) is 3.91. The van der Waals surface area contributed by atoms with Crippen LogP contribution in [0.25, 0.3) is 0 Å². The molecule has 0 bridgehead atoms. The molecule has 2 N–H and O–H groups in total. The summed E-state index contributed by atoms with van der Waals surface area (Å²) in [7, 11) is 1.59. The van der Waals surface area contributed by atoms with Gasteiger partial charge in [-0.1, -0.05) is 17.7 Å². The third-order valence-corrected chi connectivity index (χ3v) is 4.77. The number of benzene rings is 2. The van der Waals surface area contributed by atoms with Gasteiger partial charge in [-0.25, -0.2) is 4.79 Å². The van der Waals surface area contributed by atoms with Gasteiger partial charge < -0.3 is 20.3 Å². The summed E-state index contributed by atoms with van der Waals surface area (Å²) in [6, 6.07) is 12.0. The highest BCUT2D eigenvalue weighted by Gasteiger charge is 2.31. The summed E-state index contributed by atoms with van der Waals surface area (Å²) in [5.41, 5.74) is 2.23. The van der Waals surface area contributed by atoms with Crippen molar-refractivity contribution in [1.82, 2.24) is 5.32 Å². The maximum Gasteiger partial charge on any atom is 0.319 e. The molecule has 3 rings (SSSR count). The first-order valence-corrected chi connectivity index (χ1v) is 8.63. The van der Waals surface area contributed by atoms with E-state index in [0.717, 1.165) is 17.0 Å². The van der Waals surface area contributed by atoms with Crippen LogP contribution in [0.4, 0.5) is 16.2 Å². The molecule has 0 spiro atoms. The summed E-state index contributed by atoms with van der Waals surface area (Å²) in [5.74, 6) is 0.700. The van der Waals surface area contributed by atoms with Crippen LogP contribution in [0.15, 0.2) is 42.5 Å². The topological polar surface area (TPSA) is 70.7 Å². The summed E-state index contributed by atoms with van der Waals surface area (Å²) in [4.78, 5) is 26.2. The van der Waals surface area contributed by atoms with Gasteiger partial charge in [0.25, 0.3) is 0 Å². The monoisotopic (exact) mass is 373 g/mol. The maximum atomic E-state index is 12.3. The van der Waals surface area contributed by atoms with Crippen LogP contribution in [0, 0.1) is 6.92 Å². The highest BCUT2D eigenvalue weighted by Crippen LogP contribution is 2.25. The Bertz CT molecular complexity index is 823. The maximum absolute atomic E-state index is 12.3. The van der Waals surface area contributed by atoms with Crippen LogP contribution in [0.1, 0.15) is 12.0 Å². The number of hydrogen-bond acceptors (Lipinski definition) is 3. The Kier molecular flexibility index (Phi) is 5.32. The van der Waals surface area contributed by atoms with Crippen molar-refractivity contribution < 1.29 is 14.3 Å². The lowest BCUT2D eigenvalue weighted by molar-refractivity contribution is -0.117. The molecule has 3 amide bonds. The first kappa shape index (κ1) is 18.1. The van der Waals surface area contributed by atoms with Gasteiger partial charge in [0.05, 0.1) is 13.2 Å². The molecule has 2 aromatic rings. The van der Waals surface area contributed by atoms with E-state index in [-0.39, 0.29) is 24.4 Å². The molecule has 6 nitrogen and oxygen atoms in total. The minimum Gasteiger partial charge on any atom is -0.497 e. The van der Waals surface area contributed by atoms with Crippen LogP contribution in [0.3, 0.4) is 0 Å². The van der Waals surface area contributed by atoms with Crippen LogP contribution in [-0.4, -0.2) is 31.6 Å². The van der Waals surface area contributed by atoms with Gasteiger partial charge >= 0.3 is 6.03 Å². The molecule has 1 fully saturated rings. The van der Waals surface area contributed by atoms with E-state index in [4.69, 9.17) is 16.3 Å². The molecule has 1 saturated heterocycles. The molecular formula is C19H20ClN3O3. The van der Waals surface area contributed by atoms with Gasteiger partial charge in [0.2, 0.25) is 5.91 Å². The molecule has 1 unspecified atom stereocenters. The van der Waals surface area contributed by atoms with Crippen molar-refractivity contribution in [2.24, 2.45) is 0 Å². The Hall–Kier alpha value is -2.73. The molecule has 0 aliphatic carbocycles. The van der Waals surface area contributed by atoms with Gasteiger partial charge in [-0.15, -0.1) is 0 Å². The molecule has 0 radical (unpaired) electrons. The normalized spacial score (nSPS) is 16.5. The Labute approximate surface area is 157 Å². The molecule has 1 heterocycles. The number of amides is 3. The number of halogens is 1. The highest BCUT2D eigenvalue weighted by atomic mass is 35.5. The zero-order chi connectivity index (χ0) is 18.7. The number of carbonyl (C=O) groups excluding carboxylic acids is 2. The lowest BCUT2D eigenvalue weighted by atomic mass is 10.2. The zero-order valence-electron chi connectivity index (χ0n) is 14.6. The van der Waals surface area contributed by atoms with Crippen molar-refractivity contribution in [3.8, 4) is 5.75 Å². The summed E-state index contributed by atoms with van der Waals surface area (Å²) in [6.07, 6.45) is 0.258. The Morgan fingerprint density at radius 1 is 1.23 bits per heavy atom. The second kappa shape index (κ2) is 7.66. The number of ether oxygens (including phenoxy) is 1. The van der Waals surface area contributed by atoms with Crippen molar-refractivity contribution in [3.05, 3.63) is 53.1 Å². The summed E-state index contributed by atoms with van der Waals surface area (Å²) in [6.45, 7) is 2.26. The van der Waals surface area contributed by atoms with Gasteiger partial charge in [-0.2, -0.15) is 0 Å². The molecule has 1 aliphatic rings. The number of hydrogen-bond donors (Lipinski definition) is 2. The number of urea groups is 1. The molecule has 0 aromatic heterocycles. The predicted octanol–water partition coefficient (Wildman–Crippen LogP) is 3.58. The molecule has 0 saturated carbocycles. The van der Waals surface area contributed by atoms with E-state index < -0.39 is 0 Å². The second-order valence-corrected chi connectivity index (χ2v) is 6.52. The van der Waals surface area contributed by atoms with Gasteiger partial charge in [0.1, 0.15) is 5.75 Å². The predicted molar refractivity (Wildman–Crippen MR) is 102 cm³/mol. The second-order valence-electron chi connectivity index (χ2n) is 6.11. The molecule has 26 heavy (non-hydrogen) atoms. The summed E-state index contributed by atoms with van der Waals surface area (Å²) < 4.78 is 5.13. The Morgan fingerprint density at radius 2 is 1.96 bits per heavy atom. The van der Waals surface area contributed by atoms with Crippen molar-refractivity contribution in [2.75, 3.05) is 23.9 Å². The SMILES string of the molecule is COc1ccc(N2CC(NC(=O)Nc3cccc(Cl)c3C)CC2=O)cc1. The molecule has 1 aliphatic heterocycles. The zero-order valence-corrected chi connectivity index (χ0v) is 15.3. The lowest BCUT2D eigenvalue weighted by Crippen LogP contribution is -2.39. The van der Waals surface area contributed by atoms with Gasteiger partial charge in [0, 0.05) is 29.4 Å². The number of nitrogens with zero attached hydrogens (tertiary/aromatic N) is 1. The largest absolute Gasteiger partial charge is 0.497 e. The summed E-state index contributed by atoms with van der Waals surface area (Å²) in [5, 5.41) is 6.22. The van der Waals surface area contributed by atoms with Gasteiger partial charge in [-0.3, -0.25) is 4.79 Å². The van der Waals surface area contributed by atoms with E-state index in [0.29, 0.717) is 17.3 Å². The van der Waals surface area contributed by atoms with Crippen molar-refractivity contribution in [3.63, 3.8) is 0 Å². The fourth-order valence-corrected chi connectivity index (χ4v) is 3.08. The van der Waals surface area contributed by atoms with Crippen molar-refractivity contribution >= 4 is 34.9 Å². The molecule has 7 heteroatoms. The highest BCUT2D eigenvalue weighted by molar-refractivity contribution is 6.31. The average molecular weight is 374 g/mol. The smallest absolute Gasteiger partial charge is 0.319 e. The Balaban J connectivity index is 1.61. The molecule has 2 aromatic carbocycles. The number of nitrogens with one attached hydrogen (secondary N) is 2. The fourth-order valence-electron chi connectivity index (χ4n) is 2.90. The number of methoxy groups -OCH3 is 1. The van der Waals surface area contributed by atoms with Gasteiger partial charge in [-0.05, 0) is 48.9 Å². The average Bonchev–Trinajstić information content (AvgIpc) is 2.99. The van der Waals surface area contributed by atoms with Gasteiger partial charge in [0.15, 0.2) is 0 Å². The first-order chi connectivity index (χ1) is 12.5. The molecule has 136 valence electrons. The van der Waals surface area contributed by atoms with Crippen molar-refractivity contribution in [2.45, 2.75) is 19.4 Å². The van der Waals surface area contributed by atoms with Crippen LogP contribution < -0.4 is 20.3 Å². The van der Waals surface area contributed by atoms with Crippen LogP contribution in [-0.2, 0) is 4.79 Å². The number of rotatable bonds is 4. The molecule has 1 atom stereocenters. The standard InChI is InChI=1S/C19H20ClN3O3/c1-12-16(20)4-3-5-17(12)22-19(25)21-13-10-18(24)23(11-13)14-6-8-15(26-2)9-7-14/h3-9,13H,10-11H2,1-2H3,(H2,21,22,25). The van der Waals surface area contributed by atoms with E-state index in [1.807, 2.05) is 19.1 Å². The first-order valence-electron chi connectivity index (χ1n) is 8.25. The fraction of sp³-hybridized carbons (Fsp3) is 0.263. The van der Waals surface area contributed by atoms with Crippen molar-refractivity contribution in [1.29, 1.82) is 0 Å². The summed E-state index contributed by atoms with van der Waals surface area (Å²) >= 11 is 6.06. The van der Waals surface area contributed by atoms with E-state index in [9.17, 15) is 9.59 Å². The van der Waals surface area contributed by atoms with E-state index in [2.05, 4.69) is 10.6 Å².